The van der Waals surface area contributed by atoms with Crippen molar-refractivity contribution in [2.45, 2.75) is 6.92 Å². The monoisotopic (exact) mass is 325 g/mol. The zero-order chi connectivity index (χ0) is 16.2. The number of thiazole rings is 1. The summed E-state index contributed by atoms with van der Waals surface area (Å²) in [5.74, 6) is 0.140. The summed E-state index contributed by atoms with van der Waals surface area (Å²) in [5, 5.41) is 18.0. The van der Waals surface area contributed by atoms with Gasteiger partial charge in [-0.05, 0) is 36.4 Å². The molecule has 0 bridgehead atoms. The van der Waals surface area contributed by atoms with Gasteiger partial charge in [0.1, 0.15) is 5.75 Å². The van der Waals surface area contributed by atoms with Crippen molar-refractivity contribution in [1.29, 1.82) is 0 Å². The molecule has 6 heteroatoms. The number of amides is 1. The number of carbonyl (C=O) groups is 1. The molecule has 0 aliphatic carbocycles. The molecule has 0 aliphatic heterocycles. The average Bonchev–Trinajstić information content (AvgIpc) is 2.98. The summed E-state index contributed by atoms with van der Waals surface area (Å²) < 4.78 is 0. The van der Waals surface area contributed by atoms with Crippen LogP contribution in [-0.2, 0) is 4.79 Å². The van der Waals surface area contributed by atoms with Crippen molar-refractivity contribution < 1.29 is 9.90 Å². The first-order valence-corrected chi connectivity index (χ1v) is 7.88. The summed E-state index contributed by atoms with van der Waals surface area (Å²) in [7, 11) is 0. The quantitative estimate of drug-likeness (QED) is 0.628. The van der Waals surface area contributed by atoms with E-state index in [1.165, 1.54) is 18.3 Å². The van der Waals surface area contributed by atoms with Crippen molar-refractivity contribution in [2.75, 3.05) is 10.6 Å². The van der Waals surface area contributed by atoms with Crippen LogP contribution in [0.5, 0.6) is 5.75 Å². The van der Waals surface area contributed by atoms with E-state index in [0.29, 0.717) is 0 Å². The van der Waals surface area contributed by atoms with E-state index in [1.807, 2.05) is 29.6 Å². The molecule has 0 fully saturated rings. The van der Waals surface area contributed by atoms with Gasteiger partial charge in [0, 0.05) is 29.2 Å². The van der Waals surface area contributed by atoms with Gasteiger partial charge in [0.15, 0.2) is 5.13 Å². The lowest BCUT2D eigenvalue weighted by atomic mass is 10.1. The molecule has 0 saturated heterocycles. The third-order valence-electron chi connectivity index (χ3n) is 3.12. The Morgan fingerprint density at radius 2 is 1.70 bits per heavy atom. The molecule has 0 aliphatic rings. The zero-order valence-corrected chi connectivity index (χ0v) is 13.2. The Morgan fingerprint density at radius 1 is 1.04 bits per heavy atom. The lowest BCUT2D eigenvalue weighted by molar-refractivity contribution is -0.114. The number of nitrogens with zero attached hydrogens (tertiary/aromatic N) is 1. The van der Waals surface area contributed by atoms with Gasteiger partial charge in [-0.2, -0.15) is 0 Å². The molecule has 1 heterocycles. The Morgan fingerprint density at radius 3 is 2.35 bits per heavy atom. The molecule has 5 nitrogen and oxygen atoms in total. The molecule has 0 spiro atoms. The molecule has 0 radical (unpaired) electrons. The Bertz CT molecular complexity index is 811. The smallest absolute Gasteiger partial charge is 0.221 e. The average molecular weight is 325 g/mol. The van der Waals surface area contributed by atoms with Gasteiger partial charge in [-0.1, -0.05) is 12.1 Å². The third-order valence-corrected chi connectivity index (χ3v) is 3.88. The van der Waals surface area contributed by atoms with Gasteiger partial charge < -0.3 is 15.7 Å². The molecule has 1 aromatic heterocycles. The zero-order valence-electron chi connectivity index (χ0n) is 12.4. The van der Waals surface area contributed by atoms with Crippen LogP contribution in [0.2, 0.25) is 0 Å². The molecular weight excluding hydrogens is 310 g/mol. The maximum absolute atomic E-state index is 11.0. The summed E-state index contributed by atoms with van der Waals surface area (Å²) in [6.07, 6.45) is 0. The molecular formula is C17H15N3O2S. The summed E-state index contributed by atoms with van der Waals surface area (Å²) in [5.41, 5.74) is 3.48. The van der Waals surface area contributed by atoms with E-state index in [-0.39, 0.29) is 11.7 Å². The Hall–Kier alpha value is -2.86. The fraction of sp³-hybridized carbons (Fsp3) is 0.0588. The molecule has 2 aromatic carbocycles. The predicted molar refractivity (Wildman–Crippen MR) is 93.2 cm³/mol. The minimum absolute atomic E-state index is 0.0909. The van der Waals surface area contributed by atoms with Gasteiger partial charge in [0.2, 0.25) is 5.91 Å². The largest absolute Gasteiger partial charge is 0.508 e. The van der Waals surface area contributed by atoms with Crippen LogP contribution < -0.4 is 10.6 Å². The van der Waals surface area contributed by atoms with E-state index in [0.717, 1.165) is 27.8 Å². The summed E-state index contributed by atoms with van der Waals surface area (Å²) in [6.45, 7) is 1.48. The first-order chi connectivity index (χ1) is 11.1. The predicted octanol–water partition coefficient (Wildman–Crippen LogP) is 4.22. The molecule has 0 atom stereocenters. The van der Waals surface area contributed by atoms with Gasteiger partial charge in [0.25, 0.3) is 0 Å². The first kappa shape index (κ1) is 15.1. The molecule has 0 unspecified atom stereocenters. The van der Waals surface area contributed by atoms with E-state index in [2.05, 4.69) is 15.6 Å². The SMILES string of the molecule is CC(=O)Nc1ccc(-c2csc(Nc3ccc(O)cc3)n2)cc1. The molecule has 3 aromatic rings. The van der Waals surface area contributed by atoms with Gasteiger partial charge in [-0.25, -0.2) is 4.98 Å². The molecule has 3 N–H and O–H groups in total. The molecule has 1 amide bonds. The molecule has 116 valence electrons. The maximum Gasteiger partial charge on any atom is 0.221 e. The standard InChI is InChI=1S/C17H15N3O2S/c1-11(21)18-13-4-2-12(3-5-13)16-10-23-17(20-16)19-14-6-8-15(22)9-7-14/h2-10,22H,1H3,(H,18,21)(H,19,20). The number of carbonyl (C=O) groups excluding carboxylic acids is 1. The number of phenols is 1. The molecule has 0 saturated carbocycles. The number of aromatic nitrogens is 1. The lowest BCUT2D eigenvalue weighted by Gasteiger charge is -2.03. The Labute approximate surface area is 137 Å². The third kappa shape index (κ3) is 3.87. The van der Waals surface area contributed by atoms with Crippen LogP contribution in [0, 0.1) is 0 Å². The highest BCUT2D eigenvalue weighted by Gasteiger charge is 2.05. The Kier molecular flexibility index (Phi) is 4.25. The lowest BCUT2D eigenvalue weighted by Crippen LogP contribution is -2.05. The topological polar surface area (TPSA) is 74.2 Å². The Balaban J connectivity index is 1.73. The second-order valence-corrected chi connectivity index (χ2v) is 5.83. The maximum atomic E-state index is 11.0. The summed E-state index contributed by atoms with van der Waals surface area (Å²) in [6, 6.07) is 14.4. The highest BCUT2D eigenvalue weighted by molar-refractivity contribution is 7.14. The van der Waals surface area contributed by atoms with Crippen LogP contribution in [0.1, 0.15) is 6.92 Å². The van der Waals surface area contributed by atoms with Crippen LogP contribution in [0.25, 0.3) is 11.3 Å². The van der Waals surface area contributed by atoms with E-state index in [4.69, 9.17) is 0 Å². The highest BCUT2D eigenvalue weighted by atomic mass is 32.1. The molecule has 3 rings (SSSR count). The van der Waals surface area contributed by atoms with Gasteiger partial charge in [-0.3, -0.25) is 4.79 Å². The highest BCUT2D eigenvalue weighted by Crippen LogP contribution is 2.28. The summed E-state index contributed by atoms with van der Waals surface area (Å²) in [4.78, 5) is 15.6. The summed E-state index contributed by atoms with van der Waals surface area (Å²) >= 11 is 1.50. The van der Waals surface area contributed by atoms with Crippen molar-refractivity contribution in [2.24, 2.45) is 0 Å². The van der Waals surface area contributed by atoms with Crippen LogP contribution in [0.15, 0.2) is 53.9 Å². The van der Waals surface area contributed by atoms with Gasteiger partial charge in [-0.15, -0.1) is 11.3 Å². The van der Waals surface area contributed by atoms with Crippen molar-refractivity contribution in [1.82, 2.24) is 4.98 Å². The van der Waals surface area contributed by atoms with E-state index in [1.54, 1.807) is 24.3 Å². The number of aromatic hydroxyl groups is 1. The number of hydrogen-bond donors (Lipinski definition) is 3. The van der Waals surface area contributed by atoms with Crippen LogP contribution >= 0.6 is 11.3 Å². The van der Waals surface area contributed by atoms with Crippen molar-refractivity contribution in [3.05, 3.63) is 53.9 Å². The number of hydrogen-bond acceptors (Lipinski definition) is 5. The molecule has 23 heavy (non-hydrogen) atoms. The van der Waals surface area contributed by atoms with Crippen LogP contribution in [0.4, 0.5) is 16.5 Å². The van der Waals surface area contributed by atoms with E-state index >= 15 is 0 Å². The fourth-order valence-electron chi connectivity index (χ4n) is 2.06. The van der Waals surface area contributed by atoms with Crippen molar-refractivity contribution in [3.63, 3.8) is 0 Å². The fourth-order valence-corrected chi connectivity index (χ4v) is 2.80. The number of nitrogens with one attached hydrogen (secondary N) is 2. The van der Waals surface area contributed by atoms with Crippen LogP contribution in [0.3, 0.4) is 0 Å². The number of anilines is 3. The van der Waals surface area contributed by atoms with E-state index < -0.39 is 0 Å². The second-order valence-electron chi connectivity index (χ2n) is 4.97. The van der Waals surface area contributed by atoms with Gasteiger partial charge in [0.05, 0.1) is 5.69 Å². The number of benzene rings is 2. The second kappa shape index (κ2) is 6.50. The normalized spacial score (nSPS) is 10.3. The minimum Gasteiger partial charge on any atom is -0.508 e. The number of rotatable bonds is 4. The number of phenolic OH excluding ortho intramolecular Hbond substituents is 1. The van der Waals surface area contributed by atoms with Gasteiger partial charge >= 0.3 is 0 Å². The van der Waals surface area contributed by atoms with Crippen molar-refractivity contribution >= 4 is 33.8 Å². The minimum atomic E-state index is -0.0909. The first-order valence-electron chi connectivity index (χ1n) is 7.00. The van der Waals surface area contributed by atoms with E-state index in [9.17, 15) is 9.90 Å². The van der Waals surface area contributed by atoms with Crippen LogP contribution in [-0.4, -0.2) is 16.0 Å². The van der Waals surface area contributed by atoms with Crippen molar-refractivity contribution in [3.8, 4) is 17.0 Å².